The van der Waals surface area contributed by atoms with Crippen LogP contribution in [0.5, 0.6) is 0 Å². The SMILES string of the molecule is CCc1oc(C(=O)N2CCN(CC)[C@H](c3ncc[nH]3)C2)cc1C. The number of hydrogen-bond acceptors (Lipinski definition) is 4. The molecule has 0 unspecified atom stereocenters. The maximum atomic E-state index is 12.8. The molecule has 0 aromatic carbocycles. The molecule has 6 nitrogen and oxygen atoms in total. The van der Waals surface area contributed by atoms with E-state index in [9.17, 15) is 4.79 Å². The molecule has 1 aliphatic rings. The second-order valence-corrected chi connectivity index (χ2v) is 5.94. The minimum absolute atomic E-state index is 0.0277. The summed E-state index contributed by atoms with van der Waals surface area (Å²) in [6.07, 6.45) is 4.39. The van der Waals surface area contributed by atoms with E-state index in [0.29, 0.717) is 18.8 Å². The summed E-state index contributed by atoms with van der Waals surface area (Å²) in [5.74, 6) is 2.22. The van der Waals surface area contributed by atoms with Crippen molar-refractivity contribution in [3.63, 3.8) is 0 Å². The van der Waals surface area contributed by atoms with Gasteiger partial charge in [0, 0.05) is 38.4 Å². The molecule has 0 aliphatic carbocycles. The Morgan fingerprint density at radius 2 is 2.26 bits per heavy atom. The number of carbonyl (C=O) groups is 1. The average Bonchev–Trinajstić information content (AvgIpc) is 3.23. The first-order valence-electron chi connectivity index (χ1n) is 8.25. The van der Waals surface area contributed by atoms with Crippen molar-refractivity contribution in [2.24, 2.45) is 0 Å². The van der Waals surface area contributed by atoms with Crippen LogP contribution in [0.2, 0.25) is 0 Å². The standard InChI is InChI=1S/C17H24N4O2/c1-4-14-12(3)10-15(23-14)17(22)21-9-8-20(5-2)13(11-21)16-18-6-7-19-16/h6-7,10,13H,4-5,8-9,11H2,1-3H3,(H,18,19)/t13-/m0/s1. The first-order chi connectivity index (χ1) is 11.1. The van der Waals surface area contributed by atoms with Crippen molar-refractivity contribution in [1.29, 1.82) is 0 Å². The van der Waals surface area contributed by atoms with Gasteiger partial charge < -0.3 is 14.3 Å². The topological polar surface area (TPSA) is 65.4 Å². The minimum Gasteiger partial charge on any atom is -0.456 e. The number of aromatic nitrogens is 2. The number of H-pyrrole nitrogens is 1. The number of likely N-dealkylation sites (N-methyl/N-ethyl adjacent to an activating group) is 1. The summed E-state index contributed by atoms with van der Waals surface area (Å²) in [7, 11) is 0. The van der Waals surface area contributed by atoms with Crippen molar-refractivity contribution in [3.8, 4) is 0 Å². The van der Waals surface area contributed by atoms with Gasteiger partial charge in [-0.2, -0.15) is 0 Å². The van der Waals surface area contributed by atoms with E-state index in [1.807, 2.05) is 31.0 Å². The van der Waals surface area contributed by atoms with E-state index in [1.165, 1.54) is 0 Å². The van der Waals surface area contributed by atoms with Gasteiger partial charge in [-0.1, -0.05) is 13.8 Å². The molecule has 2 aromatic heterocycles. The van der Waals surface area contributed by atoms with Crippen LogP contribution >= 0.6 is 0 Å². The predicted molar refractivity (Wildman–Crippen MR) is 87.3 cm³/mol. The molecule has 23 heavy (non-hydrogen) atoms. The van der Waals surface area contributed by atoms with Crippen LogP contribution in [-0.4, -0.2) is 51.9 Å². The molecule has 2 aromatic rings. The fraction of sp³-hybridized carbons (Fsp3) is 0.529. The number of imidazole rings is 1. The molecule has 0 spiro atoms. The number of carbonyl (C=O) groups excluding carboxylic acids is 1. The van der Waals surface area contributed by atoms with Crippen LogP contribution in [0.15, 0.2) is 22.9 Å². The van der Waals surface area contributed by atoms with Crippen LogP contribution in [0.25, 0.3) is 0 Å². The molecule has 3 heterocycles. The monoisotopic (exact) mass is 316 g/mol. The molecular weight excluding hydrogens is 292 g/mol. The quantitative estimate of drug-likeness (QED) is 0.940. The maximum Gasteiger partial charge on any atom is 0.289 e. The summed E-state index contributed by atoms with van der Waals surface area (Å²) in [4.78, 5) is 24.5. The third-order valence-corrected chi connectivity index (χ3v) is 4.57. The summed E-state index contributed by atoms with van der Waals surface area (Å²) in [6.45, 7) is 9.28. The molecule has 1 aliphatic heterocycles. The van der Waals surface area contributed by atoms with Crippen molar-refractivity contribution in [2.75, 3.05) is 26.2 Å². The number of aryl methyl sites for hydroxylation is 2. The number of rotatable bonds is 4. The second kappa shape index (κ2) is 6.58. The van der Waals surface area contributed by atoms with Gasteiger partial charge in [-0.25, -0.2) is 4.98 Å². The smallest absolute Gasteiger partial charge is 0.289 e. The Hall–Kier alpha value is -2.08. The third-order valence-electron chi connectivity index (χ3n) is 4.57. The number of nitrogens with one attached hydrogen (secondary N) is 1. The fourth-order valence-electron chi connectivity index (χ4n) is 3.23. The molecular formula is C17H24N4O2. The normalized spacial score (nSPS) is 19.3. The number of hydrogen-bond donors (Lipinski definition) is 1. The third kappa shape index (κ3) is 3.03. The fourth-order valence-corrected chi connectivity index (χ4v) is 3.23. The summed E-state index contributed by atoms with van der Waals surface area (Å²) in [6, 6.07) is 1.96. The van der Waals surface area contributed by atoms with Crippen LogP contribution in [-0.2, 0) is 6.42 Å². The Bertz CT molecular complexity index is 662. The highest BCUT2D eigenvalue weighted by atomic mass is 16.4. The molecule has 0 radical (unpaired) electrons. The lowest BCUT2D eigenvalue weighted by atomic mass is 10.1. The summed E-state index contributed by atoms with van der Waals surface area (Å²) < 4.78 is 5.73. The molecule has 1 fully saturated rings. The van der Waals surface area contributed by atoms with Gasteiger partial charge in [0.1, 0.15) is 11.6 Å². The minimum atomic E-state index is -0.0277. The van der Waals surface area contributed by atoms with Crippen molar-refractivity contribution in [1.82, 2.24) is 19.8 Å². The summed E-state index contributed by atoms with van der Waals surface area (Å²) in [5.41, 5.74) is 1.05. The highest BCUT2D eigenvalue weighted by Crippen LogP contribution is 2.25. The molecule has 0 bridgehead atoms. The van der Waals surface area contributed by atoms with Gasteiger partial charge in [0.2, 0.25) is 0 Å². The molecule has 3 rings (SSSR count). The average molecular weight is 316 g/mol. The van der Waals surface area contributed by atoms with Crippen molar-refractivity contribution >= 4 is 5.91 Å². The van der Waals surface area contributed by atoms with Crippen LogP contribution in [0, 0.1) is 6.92 Å². The van der Waals surface area contributed by atoms with Crippen molar-refractivity contribution in [3.05, 3.63) is 41.4 Å². The predicted octanol–water partition coefficient (Wildman–Crippen LogP) is 2.39. The molecule has 0 saturated carbocycles. The zero-order valence-electron chi connectivity index (χ0n) is 14.0. The molecule has 124 valence electrons. The van der Waals surface area contributed by atoms with Gasteiger partial charge in [0.15, 0.2) is 5.76 Å². The Labute approximate surface area is 136 Å². The number of amides is 1. The molecule has 1 amide bonds. The lowest BCUT2D eigenvalue weighted by molar-refractivity contribution is 0.0452. The Morgan fingerprint density at radius 1 is 1.43 bits per heavy atom. The molecule has 1 N–H and O–H groups in total. The van der Waals surface area contributed by atoms with E-state index in [1.54, 1.807) is 6.20 Å². The van der Waals surface area contributed by atoms with Gasteiger partial charge in [0.05, 0.1) is 6.04 Å². The molecule has 1 atom stereocenters. The highest BCUT2D eigenvalue weighted by molar-refractivity contribution is 5.92. The lowest BCUT2D eigenvalue weighted by Crippen LogP contribution is -2.50. The van der Waals surface area contributed by atoms with Gasteiger partial charge in [-0.15, -0.1) is 0 Å². The number of furan rings is 1. The van der Waals surface area contributed by atoms with E-state index < -0.39 is 0 Å². The van der Waals surface area contributed by atoms with Gasteiger partial charge in [-0.3, -0.25) is 9.69 Å². The van der Waals surface area contributed by atoms with Gasteiger partial charge in [0.25, 0.3) is 5.91 Å². The number of nitrogens with zero attached hydrogens (tertiary/aromatic N) is 3. The van der Waals surface area contributed by atoms with E-state index in [4.69, 9.17) is 4.42 Å². The van der Waals surface area contributed by atoms with E-state index in [2.05, 4.69) is 21.8 Å². The maximum absolute atomic E-state index is 12.8. The van der Waals surface area contributed by atoms with Crippen LogP contribution in [0.3, 0.4) is 0 Å². The van der Waals surface area contributed by atoms with Gasteiger partial charge in [-0.05, 0) is 25.1 Å². The highest BCUT2D eigenvalue weighted by Gasteiger charge is 2.32. The largest absolute Gasteiger partial charge is 0.456 e. The zero-order chi connectivity index (χ0) is 16.4. The van der Waals surface area contributed by atoms with Crippen LogP contribution in [0.1, 0.15) is 47.6 Å². The Kier molecular flexibility index (Phi) is 4.52. The number of piperazine rings is 1. The summed E-state index contributed by atoms with van der Waals surface area (Å²) >= 11 is 0. The molecule has 1 saturated heterocycles. The van der Waals surface area contributed by atoms with E-state index >= 15 is 0 Å². The zero-order valence-corrected chi connectivity index (χ0v) is 14.0. The Morgan fingerprint density at radius 3 is 2.87 bits per heavy atom. The molecule has 6 heteroatoms. The Balaban J connectivity index is 1.79. The van der Waals surface area contributed by atoms with Crippen LogP contribution in [0.4, 0.5) is 0 Å². The van der Waals surface area contributed by atoms with Crippen molar-refractivity contribution < 1.29 is 9.21 Å². The van der Waals surface area contributed by atoms with Gasteiger partial charge >= 0.3 is 0 Å². The number of aromatic amines is 1. The lowest BCUT2D eigenvalue weighted by Gasteiger charge is -2.39. The first kappa shape index (κ1) is 15.8. The first-order valence-corrected chi connectivity index (χ1v) is 8.25. The van der Waals surface area contributed by atoms with Crippen molar-refractivity contribution in [2.45, 2.75) is 33.2 Å². The van der Waals surface area contributed by atoms with Crippen LogP contribution < -0.4 is 0 Å². The van der Waals surface area contributed by atoms with E-state index in [0.717, 1.165) is 36.7 Å². The summed E-state index contributed by atoms with van der Waals surface area (Å²) in [5, 5.41) is 0. The van der Waals surface area contributed by atoms with E-state index in [-0.39, 0.29) is 11.9 Å². The second-order valence-electron chi connectivity index (χ2n) is 5.94.